The summed E-state index contributed by atoms with van der Waals surface area (Å²) in [5, 5.41) is 6.09. The minimum atomic E-state index is -1.78. The van der Waals surface area contributed by atoms with Crippen LogP contribution in [-0.2, 0) is 31.7 Å². The average molecular weight is 534 g/mol. The van der Waals surface area contributed by atoms with E-state index in [0.717, 1.165) is 25.7 Å². The highest BCUT2D eigenvalue weighted by Crippen LogP contribution is 2.34. The van der Waals surface area contributed by atoms with Gasteiger partial charge in [-0.1, -0.05) is 42.6 Å². The molecule has 192 valence electrons. The van der Waals surface area contributed by atoms with Crippen LogP contribution in [0.5, 0.6) is 11.5 Å². The fourth-order valence-electron chi connectivity index (χ4n) is 4.18. The molecule has 2 N–H and O–H groups in total. The molecule has 4 rings (SSSR count). The number of hydrogen-bond acceptors (Lipinski definition) is 6. The van der Waals surface area contributed by atoms with Gasteiger partial charge in [-0.25, -0.2) is 0 Å². The maximum atomic E-state index is 13.1. The summed E-state index contributed by atoms with van der Waals surface area (Å²) < 4.78 is 23.2. The molecule has 2 aliphatic rings. The molecule has 2 aromatic rings. The van der Waals surface area contributed by atoms with E-state index in [4.69, 9.17) is 21.1 Å². The summed E-state index contributed by atoms with van der Waals surface area (Å²) >= 11 is 6.27. The van der Waals surface area contributed by atoms with Gasteiger partial charge >= 0.3 is 0 Å². The average Bonchev–Trinajstić information content (AvgIpc) is 3.51. The fraction of sp³-hybridized carbons (Fsp3) is 0.400. The van der Waals surface area contributed by atoms with Crippen LogP contribution >= 0.6 is 11.6 Å². The number of nitrogens with zero attached hydrogens (tertiary/aromatic N) is 1. The first-order chi connectivity index (χ1) is 17.4. The Morgan fingerprint density at radius 1 is 1.00 bits per heavy atom. The zero-order valence-corrected chi connectivity index (χ0v) is 21.2. The Hall–Kier alpha value is -3.11. The first-order valence-electron chi connectivity index (χ1n) is 11.7. The molecule has 1 aliphatic carbocycles. The first kappa shape index (κ1) is 26.0. The molecule has 9 nitrogen and oxygen atoms in total. The molecule has 1 saturated carbocycles. The van der Waals surface area contributed by atoms with Crippen molar-refractivity contribution in [3.8, 4) is 11.5 Å². The van der Waals surface area contributed by atoms with Crippen LogP contribution in [0.3, 0.4) is 0 Å². The zero-order valence-electron chi connectivity index (χ0n) is 19.7. The molecule has 0 radical (unpaired) electrons. The summed E-state index contributed by atoms with van der Waals surface area (Å²) in [4.78, 5) is 39.4. The van der Waals surface area contributed by atoms with Gasteiger partial charge in [0.05, 0.1) is 6.54 Å². The van der Waals surface area contributed by atoms with Gasteiger partial charge in [0.2, 0.25) is 24.5 Å². The number of carbonyl (C=O) groups excluding carboxylic acids is 3. The van der Waals surface area contributed by atoms with Crippen molar-refractivity contribution in [2.75, 3.05) is 30.2 Å². The Kier molecular flexibility index (Phi) is 8.82. The van der Waals surface area contributed by atoms with E-state index in [1.54, 1.807) is 42.5 Å². The van der Waals surface area contributed by atoms with Gasteiger partial charge in [0, 0.05) is 40.2 Å². The van der Waals surface area contributed by atoms with E-state index in [2.05, 4.69) is 10.6 Å². The number of carbonyl (C=O) groups is 3. The van der Waals surface area contributed by atoms with Crippen molar-refractivity contribution < 1.29 is 28.1 Å². The Bertz CT molecular complexity index is 1150. The molecule has 1 fully saturated rings. The lowest BCUT2D eigenvalue weighted by molar-refractivity contribution is -0.134. The standard InChI is InChI=1S/C25H28ClN3O6S/c26-20-8-4-1-5-17(20)12-29(13-23(30)27-18-6-2-3-7-18)25(32)15-36(33)14-24(31)28-19-9-10-21-22(11-19)35-16-34-21/h1,4-5,8-11,18H,2-3,6-7,12-16H2,(H,27,30)(H,28,31). The highest BCUT2D eigenvalue weighted by atomic mass is 35.5. The van der Waals surface area contributed by atoms with Gasteiger partial charge in [-0.2, -0.15) is 0 Å². The Labute approximate surface area is 216 Å². The molecule has 1 heterocycles. The van der Waals surface area contributed by atoms with Gasteiger partial charge < -0.3 is 25.0 Å². The number of amides is 3. The van der Waals surface area contributed by atoms with E-state index in [0.29, 0.717) is 27.8 Å². The molecular formula is C25H28ClN3O6S. The van der Waals surface area contributed by atoms with E-state index in [9.17, 15) is 18.6 Å². The molecule has 1 unspecified atom stereocenters. The normalized spacial score (nSPS) is 15.4. The number of rotatable bonds is 10. The van der Waals surface area contributed by atoms with E-state index in [1.807, 2.05) is 0 Å². The Morgan fingerprint density at radius 3 is 2.53 bits per heavy atom. The second-order valence-electron chi connectivity index (χ2n) is 8.73. The predicted molar refractivity (Wildman–Crippen MR) is 136 cm³/mol. The third-order valence-corrected chi connectivity index (χ3v) is 7.48. The number of halogens is 1. The second-order valence-corrected chi connectivity index (χ2v) is 10.6. The van der Waals surface area contributed by atoms with E-state index >= 15 is 0 Å². The van der Waals surface area contributed by atoms with Crippen LogP contribution in [-0.4, -0.2) is 57.7 Å². The monoisotopic (exact) mass is 533 g/mol. The second kappa shape index (κ2) is 12.2. The molecule has 0 aromatic heterocycles. The zero-order chi connectivity index (χ0) is 25.5. The molecule has 0 saturated heterocycles. The van der Waals surface area contributed by atoms with E-state index in [-0.39, 0.29) is 37.6 Å². The summed E-state index contributed by atoms with van der Waals surface area (Å²) in [6.07, 6.45) is 3.99. The molecule has 3 amide bonds. The summed E-state index contributed by atoms with van der Waals surface area (Å²) in [5.41, 5.74) is 1.14. The number of hydrogen-bond donors (Lipinski definition) is 2. The summed E-state index contributed by atoms with van der Waals surface area (Å²) in [6, 6.07) is 12.1. The van der Waals surface area contributed by atoms with Crippen LogP contribution in [0.15, 0.2) is 42.5 Å². The molecule has 0 spiro atoms. The topological polar surface area (TPSA) is 114 Å². The minimum absolute atomic E-state index is 0.0944. The van der Waals surface area contributed by atoms with Crippen molar-refractivity contribution in [2.45, 2.75) is 38.3 Å². The van der Waals surface area contributed by atoms with E-state index in [1.165, 1.54) is 4.90 Å². The van der Waals surface area contributed by atoms with Crippen LogP contribution in [0, 0.1) is 0 Å². The molecule has 36 heavy (non-hydrogen) atoms. The van der Waals surface area contributed by atoms with Gasteiger partial charge in [0.15, 0.2) is 11.5 Å². The number of ether oxygens (including phenoxy) is 2. The highest BCUT2D eigenvalue weighted by molar-refractivity contribution is 7.86. The summed E-state index contributed by atoms with van der Waals surface area (Å²) in [5.74, 6) is -0.937. The van der Waals surface area contributed by atoms with Crippen molar-refractivity contribution in [1.82, 2.24) is 10.2 Å². The number of anilines is 1. The lowest BCUT2D eigenvalue weighted by atomic mass is 10.2. The smallest absolute Gasteiger partial charge is 0.239 e. The molecular weight excluding hydrogens is 506 g/mol. The summed E-state index contributed by atoms with van der Waals surface area (Å²) in [6.45, 7) is 0.0283. The van der Waals surface area contributed by atoms with Crippen LogP contribution in [0.25, 0.3) is 0 Å². The van der Waals surface area contributed by atoms with Crippen LogP contribution in [0.2, 0.25) is 5.02 Å². The lowest BCUT2D eigenvalue weighted by Gasteiger charge is -2.24. The number of benzene rings is 2. The van der Waals surface area contributed by atoms with Crippen molar-refractivity contribution in [1.29, 1.82) is 0 Å². The maximum absolute atomic E-state index is 13.1. The van der Waals surface area contributed by atoms with Crippen molar-refractivity contribution >= 4 is 45.8 Å². The highest BCUT2D eigenvalue weighted by Gasteiger charge is 2.24. The minimum Gasteiger partial charge on any atom is -0.454 e. The van der Waals surface area contributed by atoms with Gasteiger partial charge in [-0.05, 0) is 36.6 Å². The molecule has 2 aromatic carbocycles. The van der Waals surface area contributed by atoms with Gasteiger partial charge in [-0.15, -0.1) is 0 Å². The largest absolute Gasteiger partial charge is 0.454 e. The lowest BCUT2D eigenvalue weighted by Crippen LogP contribution is -2.44. The Morgan fingerprint density at radius 2 is 1.75 bits per heavy atom. The van der Waals surface area contributed by atoms with Crippen molar-refractivity contribution in [2.24, 2.45) is 0 Å². The van der Waals surface area contributed by atoms with Crippen LogP contribution < -0.4 is 20.1 Å². The van der Waals surface area contributed by atoms with E-state index < -0.39 is 28.4 Å². The van der Waals surface area contributed by atoms with Gasteiger partial charge in [0.1, 0.15) is 11.5 Å². The van der Waals surface area contributed by atoms with Gasteiger partial charge in [-0.3, -0.25) is 18.6 Å². The van der Waals surface area contributed by atoms with Crippen LogP contribution in [0.4, 0.5) is 5.69 Å². The van der Waals surface area contributed by atoms with Crippen LogP contribution in [0.1, 0.15) is 31.2 Å². The quantitative estimate of drug-likeness (QED) is 0.485. The van der Waals surface area contributed by atoms with Gasteiger partial charge in [0.25, 0.3) is 0 Å². The molecule has 1 aliphatic heterocycles. The van der Waals surface area contributed by atoms with Crippen molar-refractivity contribution in [3.05, 3.63) is 53.1 Å². The van der Waals surface area contributed by atoms with Crippen molar-refractivity contribution in [3.63, 3.8) is 0 Å². The third-order valence-electron chi connectivity index (χ3n) is 5.96. The summed E-state index contributed by atoms with van der Waals surface area (Å²) in [7, 11) is -1.78. The SMILES string of the molecule is O=C(CS(=O)CC(=O)N(CC(=O)NC1CCCC1)Cc1ccccc1Cl)Nc1ccc2c(c1)OCO2. The third kappa shape index (κ3) is 7.20. The molecule has 0 bridgehead atoms. The first-order valence-corrected chi connectivity index (χ1v) is 13.6. The number of nitrogens with one attached hydrogen (secondary N) is 2. The predicted octanol–water partition coefficient (Wildman–Crippen LogP) is 2.84. The maximum Gasteiger partial charge on any atom is 0.239 e. The Balaban J connectivity index is 1.34. The molecule has 11 heteroatoms. The molecule has 1 atom stereocenters. The number of fused-ring (bicyclic) bond motifs is 1. The fourth-order valence-corrected chi connectivity index (χ4v) is 5.30.